The molecule has 1 N–H and O–H groups in total. The Balaban J connectivity index is 1.86. The summed E-state index contributed by atoms with van der Waals surface area (Å²) in [6.45, 7) is 7.16. The first-order valence-electron chi connectivity index (χ1n) is 7.50. The first-order chi connectivity index (χ1) is 11.1. The Kier molecular flexibility index (Phi) is 4.29. The number of thiazole rings is 1. The highest BCUT2D eigenvalue weighted by Crippen LogP contribution is 2.32. The van der Waals surface area contributed by atoms with E-state index in [0.717, 1.165) is 28.2 Å². The lowest BCUT2D eigenvalue weighted by Crippen LogP contribution is -2.13. The fourth-order valence-corrected chi connectivity index (χ4v) is 3.23. The summed E-state index contributed by atoms with van der Waals surface area (Å²) < 4.78 is 8.34. The van der Waals surface area contributed by atoms with Gasteiger partial charge < -0.3 is 4.74 Å². The molecule has 2 heterocycles. The molecule has 6 nitrogen and oxygen atoms in total. The molecule has 0 saturated heterocycles. The van der Waals surface area contributed by atoms with Gasteiger partial charge >= 0.3 is 0 Å². The van der Waals surface area contributed by atoms with Crippen molar-refractivity contribution in [3.8, 4) is 5.75 Å². The molecular formula is C16H18N4O2S. The Bertz CT molecular complexity index is 853. The summed E-state index contributed by atoms with van der Waals surface area (Å²) in [5, 5.41) is 7.64. The normalized spacial score (nSPS) is 10.9. The Morgan fingerprint density at radius 2 is 2.22 bits per heavy atom. The van der Waals surface area contributed by atoms with Crippen LogP contribution in [0.25, 0.3) is 10.2 Å². The minimum absolute atomic E-state index is 0.252. The first kappa shape index (κ1) is 15.5. The van der Waals surface area contributed by atoms with Crippen molar-refractivity contribution in [3.63, 3.8) is 0 Å². The number of para-hydroxylation sites is 1. The van der Waals surface area contributed by atoms with Crippen LogP contribution in [-0.2, 0) is 6.54 Å². The van der Waals surface area contributed by atoms with E-state index < -0.39 is 0 Å². The number of aromatic nitrogens is 3. The number of aryl methyl sites for hydroxylation is 2. The average molecular weight is 330 g/mol. The number of hydrogen-bond donors (Lipinski definition) is 1. The van der Waals surface area contributed by atoms with E-state index in [1.54, 1.807) is 10.7 Å². The maximum atomic E-state index is 12.3. The van der Waals surface area contributed by atoms with Crippen molar-refractivity contribution in [2.45, 2.75) is 27.3 Å². The molecule has 7 heteroatoms. The number of rotatable bonds is 5. The fraction of sp³-hybridized carbons (Fsp3) is 0.312. The lowest BCUT2D eigenvalue weighted by atomic mass is 10.3. The zero-order chi connectivity index (χ0) is 16.4. The molecule has 0 unspecified atom stereocenters. The summed E-state index contributed by atoms with van der Waals surface area (Å²) >= 11 is 1.42. The first-order valence-corrected chi connectivity index (χ1v) is 8.32. The average Bonchev–Trinajstić information content (AvgIpc) is 3.11. The van der Waals surface area contributed by atoms with Gasteiger partial charge in [0.1, 0.15) is 11.3 Å². The smallest absolute Gasteiger partial charge is 0.277 e. The molecule has 0 spiro atoms. The van der Waals surface area contributed by atoms with Crippen molar-refractivity contribution in [2.24, 2.45) is 0 Å². The van der Waals surface area contributed by atoms with Gasteiger partial charge in [0.25, 0.3) is 5.91 Å². The van der Waals surface area contributed by atoms with Gasteiger partial charge in [0.2, 0.25) is 0 Å². The van der Waals surface area contributed by atoms with Crippen LogP contribution >= 0.6 is 11.3 Å². The van der Waals surface area contributed by atoms with Crippen molar-refractivity contribution in [1.29, 1.82) is 0 Å². The van der Waals surface area contributed by atoms with Crippen LogP contribution < -0.4 is 10.1 Å². The van der Waals surface area contributed by atoms with Crippen molar-refractivity contribution in [3.05, 3.63) is 35.7 Å². The van der Waals surface area contributed by atoms with Gasteiger partial charge in [0.15, 0.2) is 10.8 Å². The third-order valence-electron chi connectivity index (χ3n) is 3.42. The molecule has 0 aliphatic heterocycles. The topological polar surface area (TPSA) is 69.0 Å². The van der Waals surface area contributed by atoms with Crippen LogP contribution in [0.15, 0.2) is 24.3 Å². The van der Waals surface area contributed by atoms with Crippen LogP contribution in [0.1, 0.15) is 30.0 Å². The number of carbonyl (C=O) groups is 1. The predicted molar refractivity (Wildman–Crippen MR) is 91.4 cm³/mol. The van der Waals surface area contributed by atoms with E-state index in [1.807, 2.05) is 39.0 Å². The number of carbonyl (C=O) groups excluding carboxylic acids is 1. The van der Waals surface area contributed by atoms with E-state index in [2.05, 4.69) is 15.4 Å². The molecule has 3 rings (SSSR count). The van der Waals surface area contributed by atoms with E-state index in [9.17, 15) is 4.79 Å². The summed E-state index contributed by atoms with van der Waals surface area (Å²) in [7, 11) is 0. The van der Waals surface area contributed by atoms with Crippen LogP contribution in [0.4, 0.5) is 5.13 Å². The van der Waals surface area contributed by atoms with Crippen LogP contribution in [0.3, 0.4) is 0 Å². The van der Waals surface area contributed by atoms with Crippen LogP contribution in [-0.4, -0.2) is 27.3 Å². The molecule has 0 saturated carbocycles. The highest BCUT2D eigenvalue weighted by molar-refractivity contribution is 7.22. The third kappa shape index (κ3) is 3.05. The zero-order valence-electron chi connectivity index (χ0n) is 13.3. The van der Waals surface area contributed by atoms with Gasteiger partial charge in [-0.1, -0.05) is 17.4 Å². The van der Waals surface area contributed by atoms with Crippen LogP contribution in [0.2, 0.25) is 0 Å². The number of nitrogens with one attached hydrogen (secondary N) is 1. The SMILES string of the molecule is CCOc1cccc2sc(NC(=O)c3cc(C)n(CC)n3)nc12. The summed E-state index contributed by atoms with van der Waals surface area (Å²) in [6, 6.07) is 7.53. The molecule has 23 heavy (non-hydrogen) atoms. The maximum absolute atomic E-state index is 12.3. The quantitative estimate of drug-likeness (QED) is 0.778. The summed E-state index contributed by atoms with van der Waals surface area (Å²) in [4.78, 5) is 16.8. The highest BCUT2D eigenvalue weighted by atomic mass is 32.1. The molecular weight excluding hydrogens is 312 g/mol. The lowest BCUT2D eigenvalue weighted by Gasteiger charge is -2.02. The minimum atomic E-state index is -0.252. The number of benzene rings is 1. The van der Waals surface area contributed by atoms with Crippen LogP contribution in [0.5, 0.6) is 5.75 Å². The Morgan fingerprint density at radius 3 is 2.91 bits per heavy atom. The van der Waals surface area contributed by atoms with E-state index >= 15 is 0 Å². The van der Waals surface area contributed by atoms with Gasteiger partial charge in [-0.05, 0) is 39.0 Å². The second kappa shape index (κ2) is 6.37. The van der Waals surface area contributed by atoms with Gasteiger partial charge in [-0.25, -0.2) is 4.98 Å². The van der Waals surface area contributed by atoms with Crippen molar-refractivity contribution < 1.29 is 9.53 Å². The Hall–Kier alpha value is -2.41. The minimum Gasteiger partial charge on any atom is -0.492 e. The molecule has 3 aromatic rings. The fourth-order valence-electron chi connectivity index (χ4n) is 2.35. The third-order valence-corrected chi connectivity index (χ3v) is 4.35. The molecule has 0 atom stereocenters. The van der Waals surface area contributed by atoms with Crippen LogP contribution in [0, 0.1) is 6.92 Å². The largest absolute Gasteiger partial charge is 0.492 e. The summed E-state index contributed by atoms with van der Waals surface area (Å²) in [5.41, 5.74) is 2.12. The van der Waals surface area contributed by atoms with E-state index in [4.69, 9.17) is 4.74 Å². The van der Waals surface area contributed by atoms with Gasteiger partial charge in [0.05, 0.1) is 11.3 Å². The van der Waals surface area contributed by atoms with E-state index in [0.29, 0.717) is 17.4 Å². The predicted octanol–water partition coefficient (Wildman–Crippen LogP) is 3.47. The second-order valence-electron chi connectivity index (χ2n) is 5.00. The molecule has 0 aliphatic carbocycles. The summed E-state index contributed by atoms with van der Waals surface area (Å²) in [6.07, 6.45) is 0. The monoisotopic (exact) mass is 330 g/mol. The van der Waals surface area contributed by atoms with E-state index in [1.165, 1.54) is 11.3 Å². The maximum Gasteiger partial charge on any atom is 0.277 e. The number of amides is 1. The number of ether oxygens (including phenoxy) is 1. The standard InChI is InChI=1S/C16H18N4O2S/c1-4-20-10(3)9-11(19-20)15(21)18-16-17-14-12(22-5-2)7-6-8-13(14)23-16/h6-9H,4-5H2,1-3H3,(H,17,18,21). The number of anilines is 1. The number of hydrogen-bond acceptors (Lipinski definition) is 5. The number of nitrogens with zero attached hydrogens (tertiary/aromatic N) is 3. The second-order valence-corrected chi connectivity index (χ2v) is 6.03. The van der Waals surface area contributed by atoms with Gasteiger partial charge in [-0.2, -0.15) is 5.10 Å². The summed E-state index contributed by atoms with van der Waals surface area (Å²) in [5.74, 6) is 0.477. The van der Waals surface area contributed by atoms with Crippen molar-refractivity contribution in [2.75, 3.05) is 11.9 Å². The van der Waals surface area contributed by atoms with E-state index in [-0.39, 0.29) is 5.91 Å². The van der Waals surface area contributed by atoms with Gasteiger partial charge in [0, 0.05) is 12.2 Å². The Labute approximate surface area is 138 Å². The van der Waals surface area contributed by atoms with Crippen molar-refractivity contribution in [1.82, 2.24) is 14.8 Å². The molecule has 0 radical (unpaired) electrons. The molecule has 0 fully saturated rings. The molecule has 0 bridgehead atoms. The lowest BCUT2D eigenvalue weighted by molar-refractivity contribution is 0.102. The molecule has 1 aromatic carbocycles. The van der Waals surface area contributed by atoms with Crippen molar-refractivity contribution >= 4 is 32.6 Å². The Morgan fingerprint density at radius 1 is 1.39 bits per heavy atom. The molecule has 1 amide bonds. The van der Waals surface area contributed by atoms with Gasteiger partial charge in [-0.15, -0.1) is 0 Å². The zero-order valence-corrected chi connectivity index (χ0v) is 14.1. The molecule has 2 aromatic heterocycles. The highest BCUT2D eigenvalue weighted by Gasteiger charge is 2.15. The molecule has 0 aliphatic rings. The number of fused-ring (bicyclic) bond motifs is 1. The van der Waals surface area contributed by atoms with Gasteiger partial charge in [-0.3, -0.25) is 14.8 Å². The molecule has 120 valence electrons.